The number of rotatable bonds is 2. The lowest BCUT2D eigenvalue weighted by molar-refractivity contribution is -0.153. The smallest absolute Gasteiger partial charge is 0.334 e. The van der Waals surface area contributed by atoms with Gasteiger partial charge in [0.15, 0.2) is 6.10 Å². The average Bonchev–Trinajstić information content (AvgIpc) is 2.50. The summed E-state index contributed by atoms with van der Waals surface area (Å²) in [6.07, 6.45) is 0.741. The van der Waals surface area contributed by atoms with Gasteiger partial charge < -0.3 is 14.6 Å². The Kier molecular flexibility index (Phi) is 2.84. The molecule has 11 heavy (non-hydrogen) atoms. The fraction of sp³-hybridized carbons (Fsp3) is 0.857. The van der Waals surface area contributed by atoms with E-state index in [0.29, 0.717) is 6.42 Å². The summed E-state index contributed by atoms with van der Waals surface area (Å²) in [5.74, 6) is -0.346. The molecule has 0 aromatic carbocycles. The lowest BCUT2D eigenvalue weighted by Gasteiger charge is -2.08. The van der Waals surface area contributed by atoms with Crippen molar-refractivity contribution in [3.63, 3.8) is 0 Å². The first-order valence-electron chi connectivity index (χ1n) is 3.62. The predicted octanol–water partition coefficient (Wildman–Crippen LogP) is -0.301. The van der Waals surface area contributed by atoms with E-state index in [-0.39, 0.29) is 18.7 Å². The Morgan fingerprint density at radius 3 is 2.91 bits per heavy atom. The highest BCUT2D eigenvalue weighted by atomic mass is 16.6. The van der Waals surface area contributed by atoms with Crippen LogP contribution in [0.5, 0.6) is 0 Å². The van der Waals surface area contributed by atoms with Gasteiger partial charge in [0.1, 0.15) is 0 Å². The van der Waals surface area contributed by atoms with E-state index in [1.807, 2.05) is 0 Å². The molecule has 0 radical (unpaired) electrons. The van der Waals surface area contributed by atoms with Crippen LogP contribution in [-0.4, -0.2) is 37.0 Å². The third-order valence-electron chi connectivity index (χ3n) is 1.78. The van der Waals surface area contributed by atoms with Crippen molar-refractivity contribution in [1.29, 1.82) is 0 Å². The van der Waals surface area contributed by atoms with Crippen molar-refractivity contribution in [1.82, 2.24) is 0 Å². The molecule has 1 aliphatic heterocycles. The van der Waals surface area contributed by atoms with Gasteiger partial charge in [0.2, 0.25) is 0 Å². The summed E-state index contributed by atoms with van der Waals surface area (Å²) in [4.78, 5) is 10.8. The van der Waals surface area contributed by atoms with E-state index < -0.39 is 6.10 Å². The van der Waals surface area contributed by atoms with Gasteiger partial charge in [-0.15, -0.1) is 0 Å². The Morgan fingerprint density at radius 2 is 2.45 bits per heavy atom. The topological polar surface area (TPSA) is 55.8 Å². The van der Waals surface area contributed by atoms with Gasteiger partial charge in [0, 0.05) is 0 Å². The summed E-state index contributed by atoms with van der Waals surface area (Å²) in [5, 5.41) is 8.66. The van der Waals surface area contributed by atoms with Crippen molar-refractivity contribution in [3.8, 4) is 0 Å². The number of aliphatic hydroxyl groups is 1. The van der Waals surface area contributed by atoms with Gasteiger partial charge in [-0.3, -0.25) is 0 Å². The van der Waals surface area contributed by atoms with Gasteiger partial charge in [0.05, 0.1) is 19.8 Å². The van der Waals surface area contributed by atoms with Crippen LogP contribution in [0.4, 0.5) is 0 Å². The van der Waals surface area contributed by atoms with Crippen LogP contribution in [0.25, 0.3) is 0 Å². The van der Waals surface area contributed by atoms with Crippen LogP contribution in [-0.2, 0) is 14.3 Å². The van der Waals surface area contributed by atoms with Crippen LogP contribution in [0.2, 0.25) is 0 Å². The van der Waals surface area contributed by atoms with Crippen molar-refractivity contribution >= 4 is 5.97 Å². The third kappa shape index (κ3) is 1.91. The van der Waals surface area contributed by atoms with Crippen LogP contribution in [0.1, 0.15) is 12.8 Å². The SMILES string of the molecule is COC(=O)[C@H]1CC[C@H](CO)O1. The molecular formula is C7H12O4. The molecule has 0 aliphatic carbocycles. The summed E-state index contributed by atoms with van der Waals surface area (Å²) in [7, 11) is 1.33. The van der Waals surface area contributed by atoms with Crippen molar-refractivity contribution in [2.24, 2.45) is 0 Å². The standard InChI is InChI=1S/C7H12O4/c1-10-7(9)6-3-2-5(4-8)11-6/h5-6,8H,2-4H2,1H3/t5-,6-/m1/s1. The molecule has 64 valence electrons. The number of methoxy groups -OCH3 is 1. The quantitative estimate of drug-likeness (QED) is 0.563. The van der Waals surface area contributed by atoms with E-state index in [1.165, 1.54) is 7.11 Å². The molecule has 0 unspecified atom stereocenters. The molecule has 1 rings (SSSR count). The molecule has 0 spiro atoms. The van der Waals surface area contributed by atoms with Crippen molar-refractivity contribution in [3.05, 3.63) is 0 Å². The van der Waals surface area contributed by atoms with Gasteiger partial charge in [-0.25, -0.2) is 4.79 Å². The van der Waals surface area contributed by atoms with Crippen LogP contribution in [0, 0.1) is 0 Å². The summed E-state index contributed by atoms with van der Waals surface area (Å²) in [6, 6.07) is 0. The number of hydrogen-bond acceptors (Lipinski definition) is 4. The summed E-state index contributed by atoms with van der Waals surface area (Å²) >= 11 is 0. The molecular weight excluding hydrogens is 148 g/mol. The minimum Gasteiger partial charge on any atom is -0.467 e. The first-order valence-corrected chi connectivity index (χ1v) is 3.62. The van der Waals surface area contributed by atoms with E-state index >= 15 is 0 Å². The molecule has 2 atom stereocenters. The van der Waals surface area contributed by atoms with E-state index in [2.05, 4.69) is 4.74 Å². The minimum atomic E-state index is -0.461. The first-order chi connectivity index (χ1) is 5.27. The molecule has 4 nitrogen and oxygen atoms in total. The Morgan fingerprint density at radius 1 is 1.73 bits per heavy atom. The summed E-state index contributed by atoms with van der Waals surface area (Å²) in [6.45, 7) is -0.0203. The number of carbonyl (C=O) groups excluding carboxylic acids is 1. The average molecular weight is 160 g/mol. The highest BCUT2D eigenvalue weighted by Crippen LogP contribution is 2.19. The number of aliphatic hydroxyl groups excluding tert-OH is 1. The summed E-state index contributed by atoms with van der Waals surface area (Å²) in [5.41, 5.74) is 0. The van der Waals surface area contributed by atoms with E-state index in [1.54, 1.807) is 0 Å². The Balaban J connectivity index is 2.35. The molecule has 1 heterocycles. The van der Waals surface area contributed by atoms with E-state index in [4.69, 9.17) is 9.84 Å². The molecule has 1 fully saturated rings. The summed E-state index contributed by atoms with van der Waals surface area (Å²) < 4.78 is 9.62. The second-order valence-electron chi connectivity index (χ2n) is 2.53. The monoisotopic (exact) mass is 160 g/mol. The maximum Gasteiger partial charge on any atom is 0.334 e. The Bertz CT molecular complexity index is 145. The highest BCUT2D eigenvalue weighted by molar-refractivity contribution is 5.74. The molecule has 0 aromatic heterocycles. The molecule has 4 heteroatoms. The van der Waals surface area contributed by atoms with Crippen molar-refractivity contribution in [2.75, 3.05) is 13.7 Å². The number of hydrogen-bond donors (Lipinski definition) is 1. The van der Waals surface area contributed by atoms with Crippen molar-refractivity contribution < 1.29 is 19.4 Å². The molecule has 0 saturated carbocycles. The number of carbonyl (C=O) groups is 1. The second-order valence-corrected chi connectivity index (χ2v) is 2.53. The molecule has 0 aromatic rings. The van der Waals surface area contributed by atoms with Gasteiger partial charge in [-0.1, -0.05) is 0 Å². The molecule has 1 N–H and O–H groups in total. The maximum atomic E-state index is 10.8. The highest BCUT2D eigenvalue weighted by Gasteiger charge is 2.30. The van der Waals surface area contributed by atoms with E-state index in [0.717, 1.165) is 6.42 Å². The molecule has 1 aliphatic rings. The zero-order chi connectivity index (χ0) is 8.27. The van der Waals surface area contributed by atoms with Crippen LogP contribution in [0.3, 0.4) is 0 Å². The number of esters is 1. The fourth-order valence-corrected chi connectivity index (χ4v) is 1.14. The lowest BCUT2D eigenvalue weighted by atomic mass is 10.2. The predicted molar refractivity (Wildman–Crippen MR) is 37.0 cm³/mol. The van der Waals surface area contributed by atoms with Crippen molar-refractivity contribution in [2.45, 2.75) is 25.0 Å². The maximum absolute atomic E-state index is 10.8. The van der Waals surface area contributed by atoms with Gasteiger partial charge in [-0.2, -0.15) is 0 Å². The van der Waals surface area contributed by atoms with Crippen LogP contribution in [0.15, 0.2) is 0 Å². The normalized spacial score (nSPS) is 30.4. The third-order valence-corrected chi connectivity index (χ3v) is 1.78. The van der Waals surface area contributed by atoms with E-state index in [9.17, 15) is 4.79 Å². The lowest BCUT2D eigenvalue weighted by Crippen LogP contribution is -2.23. The fourth-order valence-electron chi connectivity index (χ4n) is 1.14. The second kappa shape index (κ2) is 3.69. The molecule has 1 saturated heterocycles. The van der Waals surface area contributed by atoms with Crippen LogP contribution >= 0.6 is 0 Å². The molecule has 0 bridgehead atoms. The first kappa shape index (κ1) is 8.49. The van der Waals surface area contributed by atoms with Crippen LogP contribution < -0.4 is 0 Å². The molecule has 0 amide bonds. The Labute approximate surface area is 65.1 Å². The van der Waals surface area contributed by atoms with Gasteiger partial charge in [-0.05, 0) is 12.8 Å². The van der Waals surface area contributed by atoms with Gasteiger partial charge in [0.25, 0.3) is 0 Å². The van der Waals surface area contributed by atoms with Gasteiger partial charge >= 0.3 is 5.97 Å². The zero-order valence-electron chi connectivity index (χ0n) is 6.45. The Hall–Kier alpha value is -0.610. The minimum absolute atomic E-state index is 0.0203. The zero-order valence-corrected chi connectivity index (χ0v) is 6.45. The number of ether oxygens (including phenoxy) is 2. The largest absolute Gasteiger partial charge is 0.467 e.